The standard InChI is InChI=1S/C20H18ClN3O5S2/c1-13-2-5-15(6-3-13)31(28,29)23-10-8-22(9-11-23)20(25)19-18(21)16-7-4-14(24(26)27)12-17(16)30-19/h2-7,12H,8-11H2,1H3. The van der Waals surface area contributed by atoms with Crippen LogP contribution in [0.4, 0.5) is 5.69 Å². The highest BCUT2D eigenvalue weighted by molar-refractivity contribution is 7.89. The first-order chi connectivity index (χ1) is 14.7. The van der Waals surface area contributed by atoms with Gasteiger partial charge in [-0.25, -0.2) is 8.42 Å². The Morgan fingerprint density at radius 2 is 1.74 bits per heavy atom. The molecule has 0 N–H and O–H groups in total. The number of non-ortho nitro benzene ring substituents is 1. The molecule has 3 aromatic rings. The average Bonchev–Trinajstić information content (AvgIpc) is 3.09. The molecule has 8 nitrogen and oxygen atoms in total. The van der Waals surface area contributed by atoms with Crippen molar-refractivity contribution in [2.45, 2.75) is 11.8 Å². The summed E-state index contributed by atoms with van der Waals surface area (Å²) in [4.78, 5) is 25.6. The number of halogens is 1. The first kappa shape index (κ1) is 21.7. The van der Waals surface area contributed by atoms with Crippen molar-refractivity contribution in [2.75, 3.05) is 26.2 Å². The van der Waals surface area contributed by atoms with E-state index in [4.69, 9.17) is 11.6 Å². The Morgan fingerprint density at radius 1 is 1.10 bits per heavy atom. The van der Waals surface area contributed by atoms with E-state index in [1.807, 2.05) is 6.92 Å². The second-order valence-corrected chi connectivity index (χ2v) is 10.6. The highest BCUT2D eigenvalue weighted by Crippen LogP contribution is 2.38. The minimum Gasteiger partial charge on any atom is -0.335 e. The molecule has 31 heavy (non-hydrogen) atoms. The summed E-state index contributed by atoms with van der Waals surface area (Å²) in [5, 5.41) is 11.8. The number of fused-ring (bicyclic) bond motifs is 1. The van der Waals surface area contributed by atoms with Crippen molar-refractivity contribution in [1.29, 1.82) is 0 Å². The Kier molecular flexibility index (Phi) is 5.73. The number of benzene rings is 2. The van der Waals surface area contributed by atoms with Gasteiger partial charge in [-0.05, 0) is 25.1 Å². The van der Waals surface area contributed by atoms with Crippen LogP contribution >= 0.6 is 22.9 Å². The lowest BCUT2D eigenvalue weighted by atomic mass is 10.2. The van der Waals surface area contributed by atoms with Gasteiger partial charge < -0.3 is 4.90 Å². The lowest BCUT2D eigenvalue weighted by Gasteiger charge is -2.33. The molecule has 0 bridgehead atoms. The quantitative estimate of drug-likeness (QED) is 0.417. The molecule has 1 fully saturated rings. The highest BCUT2D eigenvalue weighted by Gasteiger charge is 2.32. The molecule has 1 aliphatic heterocycles. The van der Waals surface area contributed by atoms with E-state index in [9.17, 15) is 23.3 Å². The van der Waals surface area contributed by atoms with Gasteiger partial charge in [0.25, 0.3) is 11.6 Å². The molecule has 1 amide bonds. The number of nitro benzene ring substituents is 1. The number of carbonyl (C=O) groups is 1. The Balaban J connectivity index is 1.51. The lowest BCUT2D eigenvalue weighted by molar-refractivity contribution is -0.384. The molecule has 0 unspecified atom stereocenters. The molecule has 0 radical (unpaired) electrons. The van der Waals surface area contributed by atoms with Gasteiger partial charge in [0.2, 0.25) is 10.0 Å². The molecule has 11 heteroatoms. The number of nitrogens with zero attached hydrogens (tertiary/aromatic N) is 3. The summed E-state index contributed by atoms with van der Waals surface area (Å²) in [7, 11) is -3.63. The fourth-order valence-corrected chi connectivity index (χ4v) is 6.37. The van der Waals surface area contributed by atoms with Gasteiger partial charge in [0.1, 0.15) is 4.88 Å². The maximum Gasteiger partial charge on any atom is 0.270 e. The van der Waals surface area contributed by atoms with Gasteiger partial charge in [0, 0.05) is 48.4 Å². The predicted molar refractivity (Wildman–Crippen MR) is 119 cm³/mol. The summed E-state index contributed by atoms with van der Waals surface area (Å²) >= 11 is 7.49. The van der Waals surface area contributed by atoms with Crippen LogP contribution in [0.25, 0.3) is 10.1 Å². The Hall–Kier alpha value is -2.53. The van der Waals surface area contributed by atoms with Gasteiger partial charge in [0.15, 0.2) is 0 Å². The first-order valence-electron chi connectivity index (χ1n) is 9.41. The van der Waals surface area contributed by atoms with Gasteiger partial charge >= 0.3 is 0 Å². The number of carbonyl (C=O) groups excluding carboxylic acids is 1. The summed E-state index contributed by atoms with van der Waals surface area (Å²) in [6, 6.07) is 10.9. The maximum absolute atomic E-state index is 13.0. The van der Waals surface area contributed by atoms with Crippen molar-refractivity contribution in [1.82, 2.24) is 9.21 Å². The molecule has 162 valence electrons. The van der Waals surface area contributed by atoms with E-state index in [0.29, 0.717) is 15.0 Å². The zero-order valence-corrected chi connectivity index (χ0v) is 18.8. The fraction of sp³-hybridized carbons (Fsp3) is 0.250. The second-order valence-electron chi connectivity index (χ2n) is 7.19. The van der Waals surface area contributed by atoms with Crippen LogP contribution < -0.4 is 0 Å². The third-order valence-corrected chi connectivity index (χ3v) is 8.76. The average molecular weight is 480 g/mol. The molecule has 0 saturated carbocycles. The van der Waals surface area contributed by atoms with Crippen molar-refractivity contribution >= 4 is 54.6 Å². The lowest BCUT2D eigenvalue weighted by Crippen LogP contribution is -2.50. The van der Waals surface area contributed by atoms with E-state index in [-0.39, 0.29) is 47.7 Å². The SMILES string of the molecule is Cc1ccc(S(=O)(=O)N2CCN(C(=O)c3sc4cc([N+](=O)[O-])ccc4c3Cl)CC2)cc1. The zero-order valence-electron chi connectivity index (χ0n) is 16.4. The molecule has 1 aliphatic rings. The van der Waals surface area contributed by atoms with Crippen molar-refractivity contribution in [3.8, 4) is 0 Å². The van der Waals surface area contributed by atoms with Crippen molar-refractivity contribution in [3.05, 3.63) is 68.0 Å². The van der Waals surface area contributed by atoms with Gasteiger partial charge in [0.05, 0.1) is 14.8 Å². The third-order valence-electron chi connectivity index (χ3n) is 5.20. The van der Waals surface area contributed by atoms with Gasteiger partial charge in [-0.15, -0.1) is 11.3 Å². The second kappa shape index (κ2) is 8.19. The largest absolute Gasteiger partial charge is 0.335 e. The number of hydrogen-bond donors (Lipinski definition) is 0. The maximum atomic E-state index is 13.0. The minimum absolute atomic E-state index is 0.0701. The zero-order chi connectivity index (χ0) is 22.3. The van der Waals surface area contributed by atoms with Gasteiger partial charge in [-0.1, -0.05) is 29.3 Å². The van der Waals surface area contributed by atoms with E-state index < -0.39 is 14.9 Å². The molecule has 0 aliphatic carbocycles. The Morgan fingerprint density at radius 3 is 2.35 bits per heavy atom. The molecule has 4 rings (SSSR count). The van der Waals surface area contributed by atoms with Crippen molar-refractivity contribution in [3.63, 3.8) is 0 Å². The van der Waals surface area contributed by atoms with E-state index in [1.54, 1.807) is 29.2 Å². The molecule has 0 spiro atoms. The Labute approximate surface area is 187 Å². The van der Waals surface area contributed by atoms with E-state index in [0.717, 1.165) is 16.9 Å². The number of piperazine rings is 1. The van der Waals surface area contributed by atoms with Crippen LogP contribution in [0.2, 0.25) is 5.02 Å². The van der Waals surface area contributed by atoms with Crippen LogP contribution in [0.3, 0.4) is 0 Å². The summed E-state index contributed by atoms with van der Waals surface area (Å²) in [6.45, 7) is 2.70. The summed E-state index contributed by atoms with van der Waals surface area (Å²) in [6.07, 6.45) is 0. The number of rotatable bonds is 4. The molecule has 0 atom stereocenters. The van der Waals surface area contributed by atoms with Crippen molar-refractivity contribution in [2.24, 2.45) is 0 Å². The summed E-state index contributed by atoms with van der Waals surface area (Å²) < 4.78 is 27.6. The van der Waals surface area contributed by atoms with Crippen LogP contribution in [0.5, 0.6) is 0 Å². The monoisotopic (exact) mass is 479 g/mol. The molecule has 2 aromatic carbocycles. The van der Waals surface area contributed by atoms with Crippen molar-refractivity contribution < 1.29 is 18.1 Å². The number of nitro groups is 1. The van der Waals surface area contributed by atoms with Crippen LogP contribution in [0.1, 0.15) is 15.2 Å². The topological polar surface area (TPSA) is 101 Å². The number of thiophene rings is 1. The summed E-state index contributed by atoms with van der Waals surface area (Å²) in [5.41, 5.74) is 0.902. The Bertz CT molecular complexity index is 1280. The van der Waals surface area contributed by atoms with E-state index in [1.165, 1.54) is 22.5 Å². The normalized spacial score (nSPS) is 15.4. The number of amides is 1. The molecule has 1 saturated heterocycles. The molecule has 1 aromatic heterocycles. The number of hydrogen-bond acceptors (Lipinski definition) is 6. The van der Waals surface area contributed by atoms with E-state index >= 15 is 0 Å². The molecule has 2 heterocycles. The van der Waals surface area contributed by atoms with Gasteiger partial charge in [-0.3, -0.25) is 14.9 Å². The minimum atomic E-state index is -3.63. The van der Waals surface area contributed by atoms with Gasteiger partial charge in [-0.2, -0.15) is 4.31 Å². The smallest absolute Gasteiger partial charge is 0.270 e. The number of sulfonamides is 1. The van der Waals surface area contributed by atoms with Crippen LogP contribution in [0.15, 0.2) is 47.4 Å². The fourth-order valence-electron chi connectivity index (χ4n) is 3.44. The van der Waals surface area contributed by atoms with Crippen LogP contribution in [-0.2, 0) is 10.0 Å². The third kappa shape index (κ3) is 4.03. The van der Waals surface area contributed by atoms with E-state index in [2.05, 4.69) is 0 Å². The summed E-state index contributed by atoms with van der Waals surface area (Å²) in [5.74, 6) is -0.304. The predicted octanol–water partition coefficient (Wildman–Crippen LogP) is 3.92. The molecular weight excluding hydrogens is 462 g/mol. The van der Waals surface area contributed by atoms with Crippen LogP contribution in [0, 0.1) is 17.0 Å². The molecular formula is C20H18ClN3O5S2. The number of aryl methyl sites for hydroxylation is 1. The first-order valence-corrected chi connectivity index (χ1v) is 12.0. The highest BCUT2D eigenvalue weighted by atomic mass is 35.5. The van der Waals surface area contributed by atoms with Crippen LogP contribution in [-0.4, -0.2) is 54.6 Å².